The normalized spacial score (nSPS) is 11.2. The van der Waals surface area contributed by atoms with E-state index >= 15 is 0 Å². The van der Waals surface area contributed by atoms with Gasteiger partial charge in [-0.1, -0.05) is 29.4 Å². The van der Waals surface area contributed by atoms with Crippen LogP contribution in [0.3, 0.4) is 0 Å². The summed E-state index contributed by atoms with van der Waals surface area (Å²) in [7, 11) is 0. The second-order valence-electron chi connectivity index (χ2n) is 6.20. The second kappa shape index (κ2) is 7.21. The van der Waals surface area contributed by atoms with Crippen molar-refractivity contribution in [3.8, 4) is 11.5 Å². The fourth-order valence-corrected chi connectivity index (χ4v) is 3.69. The Kier molecular flexibility index (Phi) is 4.76. The van der Waals surface area contributed by atoms with Crippen LogP contribution in [0, 0.1) is 13.8 Å². The summed E-state index contributed by atoms with van der Waals surface area (Å²) >= 11 is 7.38. The number of hydrogen-bond acceptors (Lipinski definition) is 6. The molecule has 0 fully saturated rings. The molecule has 0 aliphatic rings. The Morgan fingerprint density at radius 1 is 1.04 bits per heavy atom. The third kappa shape index (κ3) is 3.77. The van der Waals surface area contributed by atoms with Crippen LogP contribution in [0.15, 0.2) is 61.3 Å². The Bertz CT molecular complexity index is 1200. The summed E-state index contributed by atoms with van der Waals surface area (Å²) in [5, 5.41) is 10.1. The standard InChI is InChI=1S/C20H15ClN2O3S/c1-11-6-16-14(9-18(24)25-17(16)7-12(11)2)10-27-20-23-22-19(26-20)13-4-3-5-15(21)8-13/h3-9H,10H2,1-2H3. The zero-order chi connectivity index (χ0) is 19.0. The third-order valence-electron chi connectivity index (χ3n) is 4.27. The molecule has 4 rings (SSSR count). The average molecular weight is 399 g/mol. The minimum atomic E-state index is -0.369. The molecular formula is C20H15ClN2O3S. The molecule has 0 bridgehead atoms. The van der Waals surface area contributed by atoms with Crippen molar-refractivity contribution in [3.63, 3.8) is 0 Å². The molecule has 0 saturated heterocycles. The summed E-state index contributed by atoms with van der Waals surface area (Å²) in [6, 6.07) is 12.7. The van der Waals surface area contributed by atoms with Crippen molar-refractivity contribution in [2.45, 2.75) is 24.8 Å². The number of nitrogens with zero attached hydrogens (tertiary/aromatic N) is 2. The highest BCUT2D eigenvalue weighted by Crippen LogP contribution is 2.29. The number of aryl methyl sites for hydroxylation is 2. The molecule has 0 atom stereocenters. The number of thioether (sulfide) groups is 1. The first kappa shape index (κ1) is 17.8. The van der Waals surface area contributed by atoms with Crippen molar-refractivity contribution >= 4 is 34.3 Å². The molecule has 0 unspecified atom stereocenters. The van der Waals surface area contributed by atoms with Crippen molar-refractivity contribution in [1.29, 1.82) is 0 Å². The molecular weight excluding hydrogens is 384 g/mol. The van der Waals surface area contributed by atoms with Crippen LogP contribution < -0.4 is 5.63 Å². The van der Waals surface area contributed by atoms with Crippen LogP contribution in [0.5, 0.6) is 0 Å². The fraction of sp³-hybridized carbons (Fsp3) is 0.150. The number of aromatic nitrogens is 2. The van der Waals surface area contributed by atoms with Crippen LogP contribution in [0.4, 0.5) is 0 Å². The van der Waals surface area contributed by atoms with Gasteiger partial charge in [0.1, 0.15) is 5.58 Å². The summed E-state index contributed by atoms with van der Waals surface area (Å²) in [5.41, 5.74) is 4.08. The predicted molar refractivity (Wildman–Crippen MR) is 106 cm³/mol. The lowest BCUT2D eigenvalue weighted by Gasteiger charge is -2.07. The lowest BCUT2D eigenvalue weighted by Crippen LogP contribution is -2.00. The summed E-state index contributed by atoms with van der Waals surface area (Å²) in [6.07, 6.45) is 0. The van der Waals surface area contributed by atoms with Crippen LogP contribution >= 0.6 is 23.4 Å². The maximum absolute atomic E-state index is 11.9. The van der Waals surface area contributed by atoms with Gasteiger partial charge in [-0.15, -0.1) is 10.2 Å². The van der Waals surface area contributed by atoms with Crippen molar-refractivity contribution in [2.75, 3.05) is 0 Å². The fourth-order valence-electron chi connectivity index (χ4n) is 2.75. The molecule has 0 aliphatic heterocycles. The van der Waals surface area contributed by atoms with E-state index in [1.165, 1.54) is 17.8 Å². The van der Waals surface area contributed by atoms with E-state index in [4.69, 9.17) is 20.4 Å². The molecule has 5 nitrogen and oxygen atoms in total. The van der Waals surface area contributed by atoms with Crippen molar-refractivity contribution in [1.82, 2.24) is 10.2 Å². The molecule has 0 aliphatic carbocycles. The van der Waals surface area contributed by atoms with Gasteiger partial charge >= 0.3 is 5.63 Å². The maximum atomic E-state index is 11.9. The van der Waals surface area contributed by atoms with Gasteiger partial charge in [0, 0.05) is 27.8 Å². The number of rotatable bonds is 4. The van der Waals surface area contributed by atoms with Gasteiger partial charge in [0.2, 0.25) is 5.89 Å². The van der Waals surface area contributed by atoms with Crippen LogP contribution in [0.1, 0.15) is 16.7 Å². The van der Waals surface area contributed by atoms with E-state index in [0.29, 0.717) is 27.5 Å². The van der Waals surface area contributed by atoms with Gasteiger partial charge in [-0.2, -0.15) is 0 Å². The SMILES string of the molecule is Cc1cc2oc(=O)cc(CSc3nnc(-c4cccc(Cl)c4)o3)c2cc1C. The first-order valence-electron chi connectivity index (χ1n) is 8.26. The average Bonchev–Trinajstić information content (AvgIpc) is 3.10. The molecule has 7 heteroatoms. The lowest BCUT2D eigenvalue weighted by molar-refractivity contribution is 0.466. The number of halogens is 1. The van der Waals surface area contributed by atoms with Crippen molar-refractivity contribution < 1.29 is 8.83 Å². The van der Waals surface area contributed by atoms with Crippen molar-refractivity contribution in [3.05, 3.63) is 74.6 Å². The van der Waals surface area contributed by atoms with Crippen LogP contribution in [-0.4, -0.2) is 10.2 Å². The quantitative estimate of drug-likeness (QED) is 0.338. The summed E-state index contributed by atoms with van der Waals surface area (Å²) in [5.74, 6) is 0.922. The highest BCUT2D eigenvalue weighted by atomic mass is 35.5. The number of hydrogen-bond donors (Lipinski definition) is 0. The second-order valence-corrected chi connectivity index (χ2v) is 7.56. The number of benzene rings is 2. The minimum absolute atomic E-state index is 0.369. The summed E-state index contributed by atoms with van der Waals surface area (Å²) in [6.45, 7) is 4.03. The maximum Gasteiger partial charge on any atom is 0.336 e. The minimum Gasteiger partial charge on any atom is -0.423 e. The first-order chi connectivity index (χ1) is 13.0. The van der Waals surface area contributed by atoms with E-state index in [1.54, 1.807) is 12.1 Å². The van der Waals surface area contributed by atoms with E-state index < -0.39 is 0 Å². The van der Waals surface area contributed by atoms with Crippen LogP contribution in [0.2, 0.25) is 5.02 Å². The Morgan fingerprint density at radius 2 is 1.85 bits per heavy atom. The lowest BCUT2D eigenvalue weighted by atomic mass is 10.0. The van der Waals surface area contributed by atoms with Gasteiger partial charge in [-0.05, 0) is 60.9 Å². The van der Waals surface area contributed by atoms with Gasteiger partial charge in [0.25, 0.3) is 5.22 Å². The molecule has 0 radical (unpaired) electrons. The molecule has 2 heterocycles. The van der Waals surface area contributed by atoms with E-state index in [2.05, 4.69) is 10.2 Å². The van der Waals surface area contributed by atoms with Crippen LogP contribution in [0.25, 0.3) is 22.4 Å². The highest BCUT2D eigenvalue weighted by molar-refractivity contribution is 7.98. The smallest absolute Gasteiger partial charge is 0.336 e. The highest BCUT2D eigenvalue weighted by Gasteiger charge is 2.12. The molecule has 0 saturated carbocycles. The van der Waals surface area contributed by atoms with Gasteiger partial charge in [0.05, 0.1) is 0 Å². The van der Waals surface area contributed by atoms with Gasteiger partial charge < -0.3 is 8.83 Å². The third-order valence-corrected chi connectivity index (χ3v) is 5.38. The Hall–Kier alpha value is -2.57. The molecule has 2 aromatic heterocycles. The van der Waals surface area contributed by atoms with E-state index in [0.717, 1.165) is 27.6 Å². The number of fused-ring (bicyclic) bond motifs is 1. The summed E-state index contributed by atoms with van der Waals surface area (Å²) in [4.78, 5) is 11.9. The van der Waals surface area contributed by atoms with Gasteiger partial charge in [-0.25, -0.2) is 4.79 Å². The predicted octanol–water partition coefficient (Wildman–Crippen LogP) is 5.41. The Labute approximate surface area is 164 Å². The molecule has 0 spiro atoms. The van der Waals surface area contributed by atoms with Crippen LogP contribution in [-0.2, 0) is 5.75 Å². The Morgan fingerprint density at radius 3 is 2.67 bits per heavy atom. The first-order valence-corrected chi connectivity index (χ1v) is 9.62. The van der Waals surface area contributed by atoms with E-state index in [9.17, 15) is 4.79 Å². The monoisotopic (exact) mass is 398 g/mol. The van der Waals surface area contributed by atoms with Gasteiger partial charge in [0.15, 0.2) is 0 Å². The zero-order valence-corrected chi connectivity index (χ0v) is 16.2. The molecule has 0 N–H and O–H groups in total. The molecule has 27 heavy (non-hydrogen) atoms. The summed E-state index contributed by atoms with van der Waals surface area (Å²) < 4.78 is 11.0. The molecule has 4 aromatic rings. The topological polar surface area (TPSA) is 69.1 Å². The van der Waals surface area contributed by atoms with E-state index in [-0.39, 0.29) is 5.63 Å². The van der Waals surface area contributed by atoms with E-state index in [1.807, 2.05) is 38.1 Å². The largest absolute Gasteiger partial charge is 0.423 e. The van der Waals surface area contributed by atoms with Gasteiger partial charge in [-0.3, -0.25) is 0 Å². The molecule has 136 valence electrons. The zero-order valence-electron chi connectivity index (χ0n) is 14.7. The molecule has 2 aromatic carbocycles. The Balaban J connectivity index is 1.61. The molecule has 0 amide bonds. The van der Waals surface area contributed by atoms with Crippen molar-refractivity contribution in [2.24, 2.45) is 0 Å².